The molecule has 0 spiro atoms. The van der Waals surface area contributed by atoms with E-state index in [2.05, 4.69) is 9.72 Å². The van der Waals surface area contributed by atoms with Crippen LogP contribution in [0.3, 0.4) is 0 Å². The van der Waals surface area contributed by atoms with Crippen LogP contribution in [0.15, 0.2) is 24.3 Å². The number of hydrogen-bond donors (Lipinski definition) is 1. The van der Waals surface area contributed by atoms with Crippen LogP contribution >= 0.6 is 11.3 Å². The molecule has 2 aromatic rings. The van der Waals surface area contributed by atoms with Crippen molar-refractivity contribution in [3.63, 3.8) is 0 Å². The van der Waals surface area contributed by atoms with Crippen molar-refractivity contribution in [1.82, 2.24) is 4.98 Å². The second kappa shape index (κ2) is 5.93. The Labute approximate surface area is 124 Å². The highest BCUT2D eigenvalue weighted by molar-refractivity contribution is 7.15. The number of nitrogen functional groups attached to an aromatic ring is 1. The fourth-order valence-corrected chi connectivity index (χ4v) is 2.98. The zero-order valence-electron chi connectivity index (χ0n) is 11.6. The minimum absolute atomic E-state index is 0.223. The van der Waals surface area contributed by atoms with E-state index in [4.69, 9.17) is 5.73 Å². The predicted molar refractivity (Wildman–Crippen MR) is 76.5 cm³/mol. The minimum Gasteiger partial charge on any atom is -0.406 e. The Morgan fingerprint density at radius 2 is 1.86 bits per heavy atom. The van der Waals surface area contributed by atoms with Crippen LogP contribution in [0.1, 0.15) is 35.9 Å². The smallest absolute Gasteiger partial charge is 0.406 e. The summed E-state index contributed by atoms with van der Waals surface area (Å²) in [6.07, 6.45) is -4.08. The number of aromatic nitrogens is 1. The zero-order valence-corrected chi connectivity index (χ0v) is 12.4. The molecule has 0 bridgehead atoms. The van der Waals surface area contributed by atoms with Gasteiger partial charge in [-0.1, -0.05) is 26.0 Å². The Bertz CT molecular complexity index is 606. The van der Waals surface area contributed by atoms with E-state index < -0.39 is 6.36 Å². The molecule has 0 saturated heterocycles. The first-order valence-electron chi connectivity index (χ1n) is 6.34. The van der Waals surface area contributed by atoms with E-state index in [9.17, 15) is 13.2 Å². The summed E-state index contributed by atoms with van der Waals surface area (Å²) < 4.78 is 40.1. The molecule has 0 atom stereocenters. The van der Waals surface area contributed by atoms with Gasteiger partial charge in [-0.2, -0.15) is 0 Å². The third-order valence-electron chi connectivity index (χ3n) is 2.81. The lowest BCUT2D eigenvalue weighted by molar-refractivity contribution is -0.274. The Morgan fingerprint density at radius 3 is 2.38 bits per heavy atom. The Morgan fingerprint density at radius 1 is 1.24 bits per heavy atom. The van der Waals surface area contributed by atoms with Gasteiger partial charge >= 0.3 is 6.36 Å². The van der Waals surface area contributed by atoms with Crippen LogP contribution in [0.5, 0.6) is 5.75 Å². The molecule has 3 nitrogen and oxygen atoms in total. The molecule has 2 N–H and O–H groups in total. The topological polar surface area (TPSA) is 48.1 Å². The summed E-state index contributed by atoms with van der Waals surface area (Å²) in [5, 5.41) is 0.505. The van der Waals surface area contributed by atoms with Gasteiger partial charge in [0, 0.05) is 11.3 Å². The molecule has 0 aliphatic heterocycles. The van der Waals surface area contributed by atoms with Gasteiger partial charge < -0.3 is 10.5 Å². The van der Waals surface area contributed by atoms with Crippen molar-refractivity contribution in [2.24, 2.45) is 0 Å². The molecule has 1 aromatic carbocycles. The normalized spacial score (nSPS) is 11.9. The van der Waals surface area contributed by atoms with E-state index in [1.54, 1.807) is 12.1 Å². The molecular formula is C14H15F3N2OS. The van der Waals surface area contributed by atoms with E-state index in [0.717, 1.165) is 16.1 Å². The Hall–Kier alpha value is -1.76. The van der Waals surface area contributed by atoms with Crippen LogP contribution in [-0.2, 0) is 6.42 Å². The van der Waals surface area contributed by atoms with Gasteiger partial charge in [-0.05, 0) is 23.6 Å². The van der Waals surface area contributed by atoms with Gasteiger partial charge in [-0.3, -0.25) is 0 Å². The van der Waals surface area contributed by atoms with Crippen molar-refractivity contribution in [3.05, 3.63) is 40.4 Å². The number of hydrogen-bond acceptors (Lipinski definition) is 4. The van der Waals surface area contributed by atoms with Crippen LogP contribution in [0, 0.1) is 0 Å². The lowest BCUT2D eigenvalue weighted by Crippen LogP contribution is -2.17. The average molecular weight is 316 g/mol. The second-order valence-electron chi connectivity index (χ2n) is 4.88. The van der Waals surface area contributed by atoms with Crippen LogP contribution < -0.4 is 10.5 Å². The maximum atomic E-state index is 12.1. The quantitative estimate of drug-likeness (QED) is 0.913. The molecule has 0 saturated carbocycles. The van der Waals surface area contributed by atoms with E-state index >= 15 is 0 Å². The number of halogens is 3. The van der Waals surface area contributed by atoms with E-state index in [0.29, 0.717) is 11.6 Å². The largest absolute Gasteiger partial charge is 0.573 e. The molecule has 1 heterocycles. The minimum atomic E-state index is -4.67. The highest BCUT2D eigenvalue weighted by atomic mass is 32.1. The molecule has 0 radical (unpaired) electrons. The molecule has 21 heavy (non-hydrogen) atoms. The number of benzene rings is 1. The van der Waals surface area contributed by atoms with Crippen molar-refractivity contribution in [2.45, 2.75) is 32.5 Å². The summed E-state index contributed by atoms with van der Waals surface area (Å²) in [5.74, 6) is 0.0283. The first-order chi connectivity index (χ1) is 9.74. The summed E-state index contributed by atoms with van der Waals surface area (Å²) in [4.78, 5) is 5.33. The molecule has 0 unspecified atom stereocenters. The first kappa shape index (κ1) is 15.6. The molecule has 0 amide bonds. The molecule has 2 rings (SSSR count). The summed E-state index contributed by atoms with van der Waals surface area (Å²) in [7, 11) is 0. The molecule has 1 aromatic heterocycles. The lowest BCUT2D eigenvalue weighted by atomic mass is 10.0. The summed E-state index contributed by atoms with van der Waals surface area (Å²) in [6.45, 7) is 4.05. The summed E-state index contributed by atoms with van der Waals surface area (Å²) in [5.41, 5.74) is 7.55. The number of alkyl halides is 3. The molecule has 0 fully saturated rings. The average Bonchev–Trinajstić information content (AvgIpc) is 2.71. The van der Waals surface area contributed by atoms with E-state index in [-0.39, 0.29) is 11.7 Å². The Kier molecular flexibility index (Phi) is 4.41. The fraction of sp³-hybridized carbons (Fsp3) is 0.357. The zero-order chi connectivity index (χ0) is 15.6. The molecule has 0 aliphatic rings. The van der Waals surface area contributed by atoms with Crippen LogP contribution in [0.4, 0.5) is 18.3 Å². The highest BCUT2D eigenvalue weighted by Gasteiger charge is 2.30. The van der Waals surface area contributed by atoms with Crippen molar-refractivity contribution in [1.29, 1.82) is 0 Å². The van der Waals surface area contributed by atoms with Gasteiger partial charge in [-0.25, -0.2) is 4.98 Å². The molecular weight excluding hydrogens is 301 g/mol. The van der Waals surface area contributed by atoms with Crippen molar-refractivity contribution in [3.8, 4) is 5.75 Å². The Balaban J connectivity index is 2.14. The third kappa shape index (κ3) is 4.35. The fourth-order valence-electron chi connectivity index (χ4n) is 1.95. The van der Waals surface area contributed by atoms with Crippen molar-refractivity contribution < 1.29 is 17.9 Å². The lowest BCUT2D eigenvalue weighted by Gasteiger charge is -2.09. The van der Waals surface area contributed by atoms with Crippen LogP contribution in [0.2, 0.25) is 0 Å². The van der Waals surface area contributed by atoms with Crippen molar-refractivity contribution >= 4 is 16.5 Å². The van der Waals surface area contributed by atoms with Gasteiger partial charge in [0.05, 0.1) is 5.69 Å². The maximum Gasteiger partial charge on any atom is 0.573 e. The third-order valence-corrected chi connectivity index (χ3v) is 3.71. The number of nitrogens with two attached hydrogens (primary N) is 1. The van der Waals surface area contributed by atoms with Gasteiger partial charge in [0.2, 0.25) is 0 Å². The maximum absolute atomic E-state index is 12.1. The van der Waals surface area contributed by atoms with Crippen LogP contribution in [0.25, 0.3) is 0 Å². The molecule has 0 aliphatic carbocycles. The second-order valence-corrected chi connectivity index (χ2v) is 6.00. The summed E-state index contributed by atoms with van der Waals surface area (Å²) in [6, 6.07) is 5.84. The summed E-state index contributed by atoms with van der Waals surface area (Å²) >= 11 is 1.41. The van der Waals surface area contributed by atoms with E-state index in [1.807, 2.05) is 13.8 Å². The van der Waals surface area contributed by atoms with Crippen molar-refractivity contribution in [2.75, 3.05) is 5.73 Å². The van der Waals surface area contributed by atoms with E-state index in [1.165, 1.54) is 23.5 Å². The van der Waals surface area contributed by atoms with Gasteiger partial charge in [0.1, 0.15) is 5.75 Å². The highest BCUT2D eigenvalue weighted by Crippen LogP contribution is 2.29. The predicted octanol–water partition coefficient (Wildman–Crippen LogP) is 4.34. The molecule has 114 valence electrons. The SMILES string of the molecule is CC(C)c1nc(N)sc1Cc1ccc(OC(F)(F)F)cc1. The standard InChI is InChI=1S/C14H15F3N2OS/c1-8(2)12-11(21-13(18)19-12)7-9-3-5-10(6-4-9)20-14(15,16)17/h3-6,8H,7H2,1-2H3,(H2,18,19). The van der Waals surface area contributed by atoms with Gasteiger partial charge in [0.15, 0.2) is 5.13 Å². The number of anilines is 1. The van der Waals surface area contributed by atoms with Gasteiger partial charge in [-0.15, -0.1) is 24.5 Å². The monoisotopic (exact) mass is 316 g/mol. The molecule has 7 heteroatoms. The number of ether oxygens (including phenoxy) is 1. The number of nitrogens with zero attached hydrogens (tertiary/aromatic N) is 1. The number of rotatable bonds is 4. The first-order valence-corrected chi connectivity index (χ1v) is 7.16. The number of thiazole rings is 1. The van der Waals surface area contributed by atoms with Gasteiger partial charge in [0.25, 0.3) is 0 Å². The van der Waals surface area contributed by atoms with Crippen LogP contribution in [-0.4, -0.2) is 11.3 Å².